The predicted octanol–water partition coefficient (Wildman–Crippen LogP) is 2.12. The number of fused-ring (bicyclic) bond motifs is 1. The van der Waals surface area contributed by atoms with Gasteiger partial charge in [0.1, 0.15) is 0 Å². The normalized spacial score (nSPS) is 21.9. The number of para-hydroxylation sites is 1. The maximum Gasteiger partial charge on any atom is 0.252 e. The topological polar surface area (TPSA) is 62.0 Å². The lowest BCUT2D eigenvalue weighted by atomic mass is 10.0. The van der Waals surface area contributed by atoms with Gasteiger partial charge in [-0.2, -0.15) is 0 Å². The summed E-state index contributed by atoms with van der Waals surface area (Å²) in [7, 11) is 0. The maximum atomic E-state index is 12.5. The molecule has 1 amide bonds. The summed E-state index contributed by atoms with van der Waals surface area (Å²) >= 11 is 0. The number of hydrogen-bond acceptors (Lipinski definition) is 2. The highest BCUT2D eigenvalue weighted by atomic mass is 16.2. The first kappa shape index (κ1) is 11.7. The van der Waals surface area contributed by atoms with Crippen LogP contribution in [0.25, 0.3) is 10.9 Å². The summed E-state index contributed by atoms with van der Waals surface area (Å²) in [5.74, 6) is -0.112. The van der Waals surface area contributed by atoms with E-state index in [0.717, 1.165) is 11.8 Å². The van der Waals surface area contributed by atoms with E-state index in [1.165, 1.54) is 12.8 Å². The first-order chi connectivity index (χ1) is 9.61. The van der Waals surface area contributed by atoms with Crippen LogP contribution in [0.5, 0.6) is 0 Å². The number of nitrogens with one attached hydrogen (secondary N) is 2. The van der Waals surface area contributed by atoms with Gasteiger partial charge in [-0.25, -0.2) is 0 Å². The summed E-state index contributed by atoms with van der Waals surface area (Å²) in [6, 6.07) is 7.76. The van der Waals surface area contributed by atoms with Crippen LogP contribution < -0.4 is 10.9 Å². The number of aromatic amines is 1. The summed E-state index contributed by atoms with van der Waals surface area (Å²) in [5, 5.41) is 3.90. The first-order valence-electron chi connectivity index (χ1n) is 7.03. The Hall–Kier alpha value is -2.10. The number of carbonyl (C=O) groups excluding carboxylic acids is 1. The molecule has 0 saturated heterocycles. The Kier molecular flexibility index (Phi) is 2.18. The van der Waals surface area contributed by atoms with Gasteiger partial charge in [-0.05, 0) is 37.7 Å². The second-order valence-corrected chi connectivity index (χ2v) is 6.09. The van der Waals surface area contributed by atoms with Crippen LogP contribution >= 0.6 is 0 Å². The summed E-state index contributed by atoms with van der Waals surface area (Å²) in [4.78, 5) is 27.3. The van der Waals surface area contributed by atoms with Crippen LogP contribution in [-0.4, -0.2) is 16.9 Å². The van der Waals surface area contributed by atoms with Crippen LogP contribution in [-0.2, 0) is 0 Å². The maximum absolute atomic E-state index is 12.5. The average molecular weight is 268 g/mol. The van der Waals surface area contributed by atoms with Crippen molar-refractivity contribution in [2.45, 2.75) is 32.2 Å². The molecule has 4 nitrogen and oxygen atoms in total. The lowest BCUT2D eigenvalue weighted by Crippen LogP contribution is -2.30. The molecule has 1 spiro atoms. The number of benzene rings is 1. The van der Waals surface area contributed by atoms with Gasteiger partial charge >= 0.3 is 0 Å². The van der Waals surface area contributed by atoms with Crippen molar-refractivity contribution in [1.29, 1.82) is 0 Å². The van der Waals surface area contributed by atoms with E-state index in [2.05, 4.69) is 10.3 Å². The molecule has 1 aromatic heterocycles. The Labute approximate surface area is 116 Å². The fourth-order valence-corrected chi connectivity index (χ4v) is 3.13. The third-order valence-electron chi connectivity index (χ3n) is 4.77. The Bertz CT molecular complexity index is 787. The Morgan fingerprint density at radius 2 is 2.10 bits per heavy atom. The minimum atomic E-state index is -0.189. The Morgan fingerprint density at radius 3 is 2.80 bits per heavy atom. The van der Waals surface area contributed by atoms with E-state index in [1.54, 1.807) is 6.92 Å². The number of carbonyl (C=O) groups is 1. The summed E-state index contributed by atoms with van der Waals surface area (Å²) < 4.78 is 0. The minimum Gasteiger partial charge on any atom is -0.349 e. The highest BCUT2D eigenvalue weighted by molar-refractivity contribution is 6.07. The van der Waals surface area contributed by atoms with Gasteiger partial charge in [0.2, 0.25) is 0 Å². The van der Waals surface area contributed by atoms with Crippen molar-refractivity contribution in [3.05, 3.63) is 45.7 Å². The van der Waals surface area contributed by atoms with E-state index in [9.17, 15) is 9.59 Å². The zero-order chi connectivity index (χ0) is 13.9. The largest absolute Gasteiger partial charge is 0.349 e. The van der Waals surface area contributed by atoms with Crippen LogP contribution in [0.3, 0.4) is 0 Å². The molecule has 2 aliphatic carbocycles. The van der Waals surface area contributed by atoms with Gasteiger partial charge in [0.05, 0.1) is 5.56 Å². The molecule has 1 unspecified atom stereocenters. The van der Waals surface area contributed by atoms with E-state index in [-0.39, 0.29) is 11.5 Å². The van der Waals surface area contributed by atoms with Gasteiger partial charge in [-0.1, -0.05) is 18.2 Å². The number of amides is 1. The van der Waals surface area contributed by atoms with Crippen LogP contribution in [0.4, 0.5) is 0 Å². The predicted molar refractivity (Wildman–Crippen MR) is 76.8 cm³/mol. The zero-order valence-corrected chi connectivity index (χ0v) is 11.3. The monoisotopic (exact) mass is 268 g/mol. The van der Waals surface area contributed by atoms with Gasteiger partial charge in [0.15, 0.2) is 0 Å². The van der Waals surface area contributed by atoms with Crippen molar-refractivity contribution in [2.75, 3.05) is 0 Å². The van der Waals surface area contributed by atoms with Gasteiger partial charge in [-0.15, -0.1) is 0 Å². The molecule has 20 heavy (non-hydrogen) atoms. The Morgan fingerprint density at radius 1 is 1.35 bits per heavy atom. The molecule has 0 aliphatic heterocycles. The van der Waals surface area contributed by atoms with Crippen LogP contribution in [0.2, 0.25) is 0 Å². The molecule has 102 valence electrons. The van der Waals surface area contributed by atoms with E-state index in [1.807, 2.05) is 24.3 Å². The highest BCUT2D eigenvalue weighted by Gasteiger charge is 2.63. The van der Waals surface area contributed by atoms with Crippen LogP contribution in [0, 0.1) is 12.3 Å². The SMILES string of the molecule is Cc1c(C(=O)NC2CC23CC3)c2ccccc2[nH]c1=O. The number of aromatic nitrogens is 1. The van der Waals surface area contributed by atoms with Crippen molar-refractivity contribution in [3.8, 4) is 0 Å². The lowest BCUT2D eigenvalue weighted by molar-refractivity contribution is 0.0949. The summed E-state index contributed by atoms with van der Waals surface area (Å²) in [6.45, 7) is 1.71. The highest BCUT2D eigenvalue weighted by Crippen LogP contribution is 2.65. The van der Waals surface area contributed by atoms with Crippen molar-refractivity contribution < 1.29 is 4.79 Å². The molecular weight excluding hydrogens is 252 g/mol. The molecule has 2 fully saturated rings. The Balaban J connectivity index is 1.79. The molecule has 1 heterocycles. The number of hydrogen-bond donors (Lipinski definition) is 2. The zero-order valence-electron chi connectivity index (χ0n) is 11.3. The second kappa shape index (κ2) is 3.72. The quantitative estimate of drug-likeness (QED) is 0.876. The molecular formula is C16H16N2O2. The van der Waals surface area contributed by atoms with Crippen LogP contribution in [0.15, 0.2) is 29.1 Å². The first-order valence-corrected chi connectivity index (χ1v) is 7.03. The second-order valence-electron chi connectivity index (χ2n) is 6.09. The third kappa shape index (κ3) is 1.60. The lowest BCUT2D eigenvalue weighted by Gasteiger charge is -2.10. The molecule has 0 radical (unpaired) electrons. The van der Waals surface area contributed by atoms with E-state index < -0.39 is 0 Å². The molecule has 1 atom stereocenters. The smallest absolute Gasteiger partial charge is 0.252 e. The van der Waals surface area contributed by atoms with Gasteiger partial charge in [0.25, 0.3) is 11.5 Å². The third-order valence-corrected chi connectivity index (χ3v) is 4.77. The number of pyridine rings is 1. The van der Waals surface area contributed by atoms with Crippen LogP contribution in [0.1, 0.15) is 35.2 Å². The number of H-pyrrole nitrogens is 1. The molecule has 2 aliphatic rings. The van der Waals surface area contributed by atoms with Gasteiger partial charge in [-0.3, -0.25) is 9.59 Å². The van der Waals surface area contributed by atoms with Crippen molar-refractivity contribution in [1.82, 2.24) is 10.3 Å². The average Bonchev–Trinajstić information content (AvgIpc) is 3.32. The fraction of sp³-hybridized carbons (Fsp3) is 0.375. The van der Waals surface area contributed by atoms with E-state index in [4.69, 9.17) is 0 Å². The van der Waals surface area contributed by atoms with E-state index >= 15 is 0 Å². The fourth-order valence-electron chi connectivity index (χ4n) is 3.13. The summed E-state index contributed by atoms with van der Waals surface area (Å²) in [6.07, 6.45) is 3.55. The minimum absolute atomic E-state index is 0.112. The van der Waals surface area contributed by atoms with E-state index in [0.29, 0.717) is 28.1 Å². The molecule has 4 heteroatoms. The van der Waals surface area contributed by atoms with Crippen molar-refractivity contribution in [2.24, 2.45) is 5.41 Å². The standard InChI is InChI=1S/C16H16N2O2/c1-9-13(15(20)18-12-8-16(12)6-7-16)10-4-2-3-5-11(10)17-14(9)19/h2-5,12H,6-8H2,1H3,(H,17,19)(H,18,20). The van der Waals surface area contributed by atoms with Gasteiger partial charge in [0, 0.05) is 22.5 Å². The molecule has 0 bridgehead atoms. The molecule has 2 saturated carbocycles. The van der Waals surface area contributed by atoms with Crippen molar-refractivity contribution >= 4 is 16.8 Å². The number of rotatable bonds is 2. The molecule has 4 rings (SSSR count). The van der Waals surface area contributed by atoms with Gasteiger partial charge < -0.3 is 10.3 Å². The summed E-state index contributed by atoms with van der Waals surface area (Å²) in [5.41, 5.74) is 1.95. The van der Waals surface area contributed by atoms with Crippen molar-refractivity contribution in [3.63, 3.8) is 0 Å². The molecule has 2 aromatic rings. The molecule has 1 aromatic carbocycles. The molecule has 2 N–H and O–H groups in total.